The van der Waals surface area contributed by atoms with Gasteiger partial charge in [-0.2, -0.15) is 0 Å². The molecule has 0 radical (unpaired) electrons. The van der Waals surface area contributed by atoms with Gasteiger partial charge in [-0.1, -0.05) is 13.8 Å². The number of nitrogens with two attached hydrogens (primary N) is 1. The van der Waals surface area contributed by atoms with Crippen molar-refractivity contribution in [2.45, 2.75) is 20.3 Å². The maximum Gasteiger partial charge on any atom is 0.341 e. The van der Waals surface area contributed by atoms with Crippen LogP contribution < -0.4 is 5.73 Å². The summed E-state index contributed by atoms with van der Waals surface area (Å²) in [6.07, 6.45) is 0.766. The lowest BCUT2D eigenvalue weighted by Crippen LogP contribution is -2.10. The van der Waals surface area contributed by atoms with E-state index >= 15 is 0 Å². The molecule has 0 aliphatic carbocycles. The Morgan fingerprint density at radius 2 is 2.19 bits per heavy atom. The van der Waals surface area contributed by atoms with Gasteiger partial charge in [0.2, 0.25) is 0 Å². The van der Waals surface area contributed by atoms with E-state index in [1.165, 1.54) is 12.1 Å². The molecule has 1 aromatic rings. The Kier molecular flexibility index (Phi) is 4.28. The maximum absolute atomic E-state index is 13.3. The first-order valence-electron chi connectivity index (χ1n) is 5.23. The van der Waals surface area contributed by atoms with Crippen molar-refractivity contribution in [1.82, 2.24) is 0 Å². The van der Waals surface area contributed by atoms with Crippen LogP contribution in [0.2, 0.25) is 0 Å². The number of nitrogen functional groups attached to an aromatic ring is 1. The standard InChI is InChI=1S/C12H16FNO2/c1-8(2)5-6-16-12(15)10-4-3-9(14)7-11(10)13/h3-4,7-8H,5-6,14H2,1-2H3. The Bertz CT molecular complexity index is 377. The lowest BCUT2D eigenvalue weighted by molar-refractivity contribution is 0.0483. The zero-order chi connectivity index (χ0) is 12.1. The van der Waals surface area contributed by atoms with E-state index in [0.717, 1.165) is 12.5 Å². The second kappa shape index (κ2) is 5.49. The second-order valence-electron chi connectivity index (χ2n) is 4.06. The number of carbonyl (C=O) groups excluding carboxylic acids is 1. The highest BCUT2D eigenvalue weighted by atomic mass is 19.1. The lowest BCUT2D eigenvalue weighted by Gasteiger charge is -2.07. The number of benzene rings is 1. The predicted molar refractivity (Wildman–Crippen MR) is 60.5 cm³/mol. The Morgan fingerprint density at radius 3 is 2.75 bits per heavy atom. The minimum Gasteiger partial charge on any atom is -0.462 e. The highest BCUT2D eigenvalue weighted by Gasteiger charge is 2.13. The Hall–Kier alpha value is -1.58. The molecule has 88 valence electrons. The van der Waals surface area contributed by atoms with Crippen molar-refractivity contribution >= 4 is 11.7 Å². The normalized spacial score (nSPS) is 10.5. The van der Waals surface area contributed by atoms with Crippen LogP contribution in [0, 0.1) is 11.7 Å². The van der Waals surface area contributed by atoms with Crippen LogP contribution in [0.15, 0.2) is 18.2 Å². The van der Waals surface area contributed by atoms with Crippen molar-refractivity contribution in [3.05, 3.63) is 29.6 Å². The summed E-state index contributed by atoms with van der Waals surface area (Å²) in [4.78, 5) is 11.5. The van der Waals surface area contributed by atoms with Crippen molar-refractivity contribution in [2.75, 3.05) is 12.3 Å². The van der Waals surface area contributed by atoms with Crippen molar-refractivity contribution < 1.29 is 13.9 Å². The van der Waals surface area contributed by atoms with Crippen molar-refractivity contribution in [3.63, 3.8) is 0 Å². The van der Waals surface area contributed by atoms with Crippen LogP contribution in [0.5, 0.6) is 0 Å². The van der Waals surface area contributed by atoms with Gasteiger partial charge in [0.25, 0.3) is 0 Å². The molecule has 0 amide bonds. The maximum atomic E-state index is 13.3. The SMILES string of the molecule is CC(C)CCOC(=O)c1ccc(N)cc1F. The number of carbonyl (C=O) groups is 1. The Balaban J connectivity index is 2.59. The average Bonchev–Trinajstić information content (AvgIpc) is 2.16. The van der Waals surface area contributed by atoms with Gasteiger partial charge in [0, 0.05) is 5.69 Å². The molecule has 1 rings (SSSR count). The number of halogens is 1. The van der Waals surface area contributed by atoms with Crippen LogP contribution >= 0.6 is 0 Å². The molecule has 0 atom stereocenters. The first kappa shape index (κ1) is 12.5. The predicted octanol–water partition coefficient (Wildman–Crippen LogP) is 2.61. The largest absolute Gasteiger partial charge is 0.462 e. The number of anilines is 1. The molecule has 0 spiro atoms. The van der Waals surface area contributed by atoms with Gasteiger partial charge >= 0.3 is 5.97 Å². The molecule has 0 heterocycles. The molecule has 16 heavy (non-hydrogen) atoms. The van der Waals surface area contributed by atoms with E-state index in [-0.39, 0.29) is 11.3 Å². The molecular weight excluding hydrogens is 209 g/mol. The van der Waals surface area contributed by atoms with Crippen molar-refractivity contribution in [2.24, 2.45) is 5.92 Å². The molecule has 0 saturated heterocycles. The minimum absolute atomic E-state index is 0.0713. The van der Waals surface area contributed by atoms with E-state index in [0.29, 0.717) is 12.5 Å². The summed E-state index contributed by atoms with van der Waals surface area (Å²) in [6, 6.07) is 3.92. The third-order valence-corrected chi connectivity index (χ3v) is 2.14. The molecule has 3 nitrogen and oxygen atoms in total. The van der Waals surface area contributed by atoms with Gasteiger partial charge in [-0.25, -0.2) is 9.18 Å². The smallest absolute Gasteiger partial charge is 0.341 e. The van der Waals surface area contributed by atoms with Crippen molar-refractivity contribution in [1.29, 1.82) is 0 Å². The quantitative estimate of drug-likeness (QED) is 0.633. The van der Waals surface area contributed by atoms with Crippen LogP contribution in [0.1, 0.15) is 30.6 Å². The number of rotatable bonds is 4. The number of esters is 1. The molecule has 0 saturated carbocycles. The first-order valence-corrected chi connectivity index (χ1v) is 5.23. The fourth-order valence-electron chi connectivity index (χ4n) is 1.16. The summed E-state index contributed by atoms with van der Waals surface area (Å²) in [5, 5.41) is 0. The van der Waals surface area contributed by atoms with Crippen LogP contribution in [0.3, 0.4) is 0 Å². The van der Waals surface area contributed by atoms with Gasteiger partial charge in [-0.3, -0.25) is 0 Å². The minimum atomic E-state index is -0.644. The van der Waals surface area contributed by atoms with E-state index < -0.39 is 11.8 Å². The van der Waals surface area contributed by atoms with Crippen LogP contribution in [0.25, 0.3) is 0 Å². The van der Waals surface area contributed by atoms with Gasteiger partial charge in [0.05, 0.1) is 12.2 Å². The molecule has 4 heteroatoms. The molecule has 0 bridgehead atoms. The molecule has 0 fully saturated rings. The summed E-state index contributed by atoms with van der Waals surface area (Å²) in [5.74, 6) is -0.836. The molecule has 0 aliphatic rings. The van der Waals surface area contributed by atoms with E-state index in [4.69, 9.17) is 10.5 Å². The number of ether oxygens (including phenoxy) is 1. The summed E-state index contributed by atoms with van der Waals surface area (Å²) in [6.45, 7) is 4.36. The Labute approximate surface area is 94.4 Å². The van der Waals surface area contributed by atoms with Gasteiger partial charge in [-0.15, -0.1) is 0 Å². The lowest BCUT2D eigenvalue weighted by atomic mass is 10.1. The molecule has 0 aromatic heterocycles. The summed E-state index contributed by atoms with van der Waals surface area (Å²) in [7, 11) is 0. The van der Waals surface area contributed by atoms with E-state index in [1.807, 2.05) is 13.8 Å². The van der Waals surface area contributed by atoms with Gasteiger partial charge in [0.15, 0.2) is 0 Å². The number of hydrogen-bond donors (Lipinski definition) is 1. The molecule has 1 aromatic carbocycles. The monoisotopic (exact) mass is 225 g/mol. The summed E-state index contributed by atoms with van der Waals surface area (Å²) >= 11 is 0. The van der Waals surface area contributed by atoms with Crippen molar-refractivity contribution in [3.8, 4) is 0 Å². The third kappa shape index (κ3) is 3.53. The molecule has 0 unspecified atom stereocenters. The fourth-order valence-corrected chi connectivity index (χ4v) is 1.16. The average molecular weight is 225 g/mol. The first-order chi connectivity index (χ1) is 7.50. The third-order valence-electron chi connectivity index (χ3n) is 2.14. The zero-order valence-electron chi connectivity index (χ0n) is 9.50. The number of hydrogen-bond acceptors (Lipinski definition) is 3. The van der Waals surface area contributed by atoms with Gasteiger partial charge < -0.3 is 10.5 Å². The van der Waals surface area contributed by atoms with Gasteiger partial charge in [-0.05, 0) is 30.5 Å². The van der Waals surface area contributed by atoms with E-state index in [9.17, 15) is 9.18 Å². The Morgan fingerprint density at radius 1 is 1.50 bits per heavy atom. The van der Waals surface area contributed by atoms with Crippen LogP contribution in [0.4, 0.5) is 10.1 Å². The van der Waals surface area contributed by atoms with Crippen LogP contribution in [-0.4, -0.2) is 12.6 Å². The molecule has 0 aliphatic heterocycles. The summed E-state index contributed by atoms with van der Waals surface area (Å²) in [5.41, 5.74) is 5.59. The topological polar surface area (TPSA) is 52.3 Å². The fraction of sp³-hybridized carbons (Fsp3) is 0.417. The summed E-state index contributed by atoms with van der Waals surface area (Å²) < 4.78 is 18.2. The van der Waals surface area contributed by atoms with Gasteiger partial charge in [0.1, 0.15) is 5.82 Å². The van der Waals surface area contributed by atoms with E-state index in [2.05, 4.69) is 0 Å². The zero-order valence-corrected chi connectivity index (χ0v) is 9.50. The van der Waals surface area contributed by atoms with Crippen LogP contribution in [-0.2, 0) is 4.74 Å². The molecule has 2 N–H and O–H groups in total. The molecular formula is C12H16FNO2. The highest BCUT2D eigenvalue weighted by Crippen LogP contribution is 2.13. The highest BCUT2D eigenvalue weighted by molar-refractivity contribution is 5.90. The second-order valence-corrected chi connectivity index (χ2v) is 4.06. The van der Waals surface area contributed by atoms with E-state index in [1.54, 1.807) is 0 Å².